The fourth-order valence-corrected chi connectivity index (χ4v) is 3.34. The third-order valence-electron chi connectivity index (χ3n) is 4.66. The van der Waals surface area contributed by atoms with Crippen LogP contribution in [-0.4, -0.2) is 20.0 Å². The van der Waals surface area contributed by atoms with Gasteiger partial charge in [0.05, 0.1) is 22.7 Å². The lowest BCUT2D eigenvalue weighted by atomic mass is 10.0. The summed E-state index contributed by atoms with van der Waals surface area (Å²) in [6, 6.07) is 11.0. The van der Waals surface area contributed by atoms with E-state index < -0.39 is 30.0 Å². The van der Waals surface area contributed by atoms with Crippen LogP contribution < -0.4 is 4.74 Å². The molecule has 0 aliphatic carbocycles. The van der Waals surface area contributed by atoms with Crippen LogP contribution in [-0.2, 0) is 18.9 Å². The van der Waals surface area contributed by atoms with E-state index in [1.807, 2.05) is 0 Å². The number of hydrogen-bond acceptors (Lipinski definition) is 4. The predicted octanol–water partition coefficient (Wildman–Crippen LogP) is 6.87. The maximum atomic E-state index is 13.3. The van der Waals surface area contributed by atoms with Crippen LogP contribution >= 0.6 is 11.6 Å². The van der Waals surface area contributed by atoms with Crippen molar-refractivity contribution in [3.05, 3.63) is 88.7 Å². The number of alkyl halides is 6. The fourth-order valence-electron chi connectivity index (χ4n) is 3.17. The Hall–Kier alpha value is -3.60. The van der Waals surface area contributed by atoms with Crippen LogP contribution in [0.4, 0.5) is 26.3 Å². The number of nitrogens with zero attached hydrogens (tertiary/aromatic N) is 4. The van der Waals surface area contributed by atoms with Gasteiger partial charge >= 0.3 is 12.4 Å². The average Bonchev–Trinajstić information content (AvgIpc) is 3.16. The molecule has 4 aromatic rings. The molecule has 0 atom stereocenters. The van der Waals surface area contributed by atoms with E-state index in [1.54, 1.807) is 36.4 Å². The average molecular weight is 499 g/mol. The molecule has 2 aromatic carbocycles. The smallest absolute Gasteiger partial charge is 0.416 e. The maximum absolute atomic E-state index is 13.3. The molecule has 12 heteroatoms. The van der Waals surface area contributed by atoms with Crippen molar-refractivity contribution in [1.82, 2.24) is 20.0 Å². The summed E-state index contributed by atoms with van der Waals surface area (Å²) >= 11 is 6.12. The van der Waals surface area contributed by atoms with Crippen molar-refractivity contribution in [3.8, 4) is 22.9 Å². The summed E-state index contributed by atoms with van der Waals surface area (Å²) in [7, 11) is 0. The molecule has 2 heterocycles. The Labute approximate surface area is 193 Å². The van der Waals surface area contributed by atoms with Gasteiger partial charge in [0, 0.05) is 18.0 Å². The zero-order chi connectivity index (χ0) is 24.5. The van der Waals surface area contributed by atoms with Crippen LogP contribution in [0.3, 0.4) is 0 Å². The van der Waals surface area contributed by atoms with Crippen molar-refractivity contribution < 1.29 is 31.1 Å². The molecule has 0 saturated carbocycles. The van der Waals surface area contributed by atoms with Gasteiger partial charge in [-0.05, 0) is 48.0 Å². The molecular formula is C22H13ClF6N4O. The van der Waals surface area contributed by atoms with E-state index >= 15 is 0 Å². The van der Waals surface area contributed by atoms with E-state index in [4.69, 9.17) is 16.3 Å². The molecule has 4 rings (SSSR count). The minimum absolute atomic E-state index is 0.0517. The first-order valence-electron chi connectivity index (χ1n) is 9.57. The van der Waals surface area contributed by atoms with Crippen molar-refractivity contribution in [2.45, 2.75) is 18.9 Å². The first kappa shape index (κ1) is 23.6. The normalized spacial score (nSPS) is 12.1. The predicted molar refractivity (Wildman–Crippen MR) is 110 cm³/mol. The molecule has 0 unspecified atom stereocenters. The van der Waals surface area contributed by atoms with Crippen LogP contribution in [0.15, 0.2) is 67.0 Å². The zero-order valence-corrected chi connectivity index (χ0v) is 17.7. The number of pyridine rings is 1. The van der Waals surface area contributed by atoms with E-state index in [9.17, 15) is 26.3 Å². The molecule has 0 aliphatic heterocycles. The topological polar surface area (TPSA) is 52.8 Å². The number of halogens is 7. The molecule has 0 aliphatic rings. The Morgan fingerprint density at radius 1 is 0.882 bits per heavy atom. The fraction of sp³-hybridized carbons (Fsp3) is 0.136. The Kier molecular flexibility index (Phi) is 6.22. The van der Waals surface area contributed by atoms with E-state index in [-0.39, 0.29) is 34.0 Å². The van der Waals surface area contributed by atoms with Gasteiger partial charge in [-0.1, -0.05) is 34.0 Å². The van der Waals surface area contributed by atoms with Crippen LogP contribution in [0, 0.1) is 0 Å². The van der Waals surface area contributed by atoms with Crippen LogP contribution in [0.2, 0.25) is 5.02 Å². The highest BCUT2D eigenvalue weighted by molar-refractivity contribution is 6.32. The molecule has 0 N–H and O–H groups in total. The van der Waals surface area contributed by atoms with Gasteiger partial charge in [-0.15, -0.1) is 0 Å². The molecule has 0 spiro atoms. The van der Waals surface area contributed by atoms with Gasteiger partial charge in [-0.3, -0.25) is 4.98 Å². The summed E-state index contributed by atoms with van der Waals surface area (Å²) in [5, 5.41) is 8.10. The molecule has 0 amide bonds. The van der Waals surface area contributed by atoms with Gasteiger partial charge in [-0.25, -0.2) is 4.68 Å². The standard InChI is InChI=1S/C22H13ClF6N4O/c23-17-5-1-2-6-18(17)34-20-19(14-4-3-7-30-11-14)33(32-31-20)12-13-8-15(21(24,25)26)10-16(9-13)22(27,28)29/h1-11H,12H2. The van der Waals surface area contributed by atoms with Crippen molar-refractivity contribution in [1.29, 1.82) is 0 Å². The van der Waals surface area contributed by atoms with E-state index in [2.05, 4.69) is 15.3 Å². The van der Waals surface area contributed by atoms with E-state index in [0.29, 0.717) is 17.7 Å². The molecule has 0 saturated heterocycles. The van der Waals surface area contributed by atoms with Gasteiger partial charge in [0.1, 0.15) is 11.4 Å². The molecule has 0 bridgehead atoms. The molecule has 34 heavy (non-hydrogen) atoms. The third-order valence-corrected chi connectivity index (χ3v) is 4.97. The van der Waals surface area contributed by atoms with Crippen molar-refractivity contribution >= 4 is 11.6 Å². The van der Waals surface area contributed by atoms with Crippen LogP contribution in [0.1, 0.15) is 16.7 Å². The summed E-state index contributed by atoms with van der Waals surface area (Å²) in [6.45, 7) is -0.448. The number of rotatable bonds is 5. The quantitative estimate of drug-likeness (QED) is 0.282. The highest BCUT2D eigenvalue weighted by atomic mass is 35.5. The lowest BCUT2D eigenvalue weighted by Gasteiger charge is -2.15. The number of benzene rings is 2. The van der Waals surface area contributed by atoms with E-state index in [0.717, 1.165) is 4.68 Å². The van der Waals surface area contributed by atoms with Gasteiger partial charge in [0.15, 0.2) is 0 Å². The summed E-state index contributed by atoms with van der Waals surface area (Å²) in [4.78, 5) is 4.00. The number of para-hydroxylation sites is 1. The SMILES string of the molecule is FC(F)(F)c1cc(Cn2nnc(Oc3ccccc3Cl)c2-c2cccnc2)cc(C(F)(F)F)c1. The minimum atomic E-state index is -4.97. The lowest BCUT2D eigenvalue weighted by Crippen LogP contribution is -2.13. The Bertz CT molecular complexity index is 1270. The molecule has 176 valence electrons. The Balaban J connectivity index is 1.80. The lowest BCUT2D eigenvalue weighted by molar-refractivity contribution is -0.143. The minimum Gasteiger partial charge on any atom is -0.434 e. The Morgan fingerprint density at radius 2 is 1.56 bits per heavy atom. The molecule has 0 fully saturated rings. The first-order valence-corrected chi connectivity index (χ1v) is 9.95. The molecule has 5 nitrogen and oxygen atoms in total. The second kappa shape index (κ2) is 8.98. The van der Waals surface area contributed by atoms with Crippen molar-refractivity contribution in [3.63, 3.8) is 0 Å². The largest absolute Gasteiger partial charge is 0.434 e. The summed E-state index contributed by atoms with van der Waals surface area (Å²) in [5.41, 5.74) is -2.50. The third kappa shape index (κ3) is 5.14. The zero-order valence-electron chi connectivity index (χ0n) is 16.9. The molecule has 2 aromatic heterocycles. The van der Waals surface area contributed by atoms with Gasteiger partial charge in [0.25, 0.3) is 5.88 Å². The van der Waals surface area contributed by atoms with Crippen LogP contribution in [0.5, 0.6) is 11.6 Å². The number of aromatic nitrogens is 4. The molecular weight excluding hydrogens is 486 g/mol. The van der Waals surface area contributed by atoms with Gasteiger partial charge in [-0.2, -0.15) is 26.3 Å². The highest BCUT2D eigenvalue weighted by Crippen LogP contribution is 2.38. The second-order valence-corrected chi connectivity index (χ2v) is 7.50. The number of ether oxygens (including phenoxy) is 1. The second-order valence-electron chi connectivity index (χ2n) is 7.09. The number of hydrogen-bond donors (Lipinski definition) is 0. The maximum Gasteiger partial charge on any atom is 0.416 e. The van der Waals surface area contributed by atoms with Gasteiger partial charge < -0.3 is 4.74 Å². The summed E-state index contributed by atoms with van der Waals surface area (Å²) in [5.74, 6) is 0.184. The van der Waals surface area contributed by atoms with E-state index in [1.165, 1.54) is 12.4 Å². The van der Waals surface area contributed by atoms with Gasteiger partial charge in [0.2, 0.25) is 0 Å². The first-order chi connectivity index (χ1) is 16.0. The Morgan fingerprint density at radius 3 is 2.15 bits per heavy atom. The van der Waals surface area contributed by atoms with Crippen molar-refractivity contribution in [2.75, 3.05) is 0 Å². The summed E-state index contributed by atoms with van der Waals surface area (Å²) < 4.78 is 86.5. The highest BCUT2D eigenvalue weighted by Gasteiger charge is 2.37. The van der Waals surface area contributed by atoms with Crippen molar-refractivity contribution in [2.24, 2.45) is 0 Å². The summed E-state index contributed by atoms with van der Waals surface area (Å²) in [6.07, 6.45) is -7.01. The molecule has 0 radical (unpaired) electrons. The monoisotopic (exact) mass is 498 g/mol. The van der Waals surface area contributed by atoms with Crippen LogP contribution in [0.25, 0.3) is 11.3 Å².